The maximum absolute atomic E-state index is 13.6. The number of nitrogens with zero attached hydrogens (tertiary/aromatic N) is 2. The van der Waals surface area contributed by atoms with Gasteiger partial charge in [0.25, 0.3) is 5.91 Å². The van der Waals surface area contributed by atoms with Crippen LogP contribution in [0.5, 0.6) is 0 Å². The number of carbonyl (C=O) groups is 3. The summed E-state index contributed by atoms with van der Waals surface area (Å²) < 4.78 is 15.4. The molecule has 1 aromatic carbocycles. The number of aromatic nitrogens is 1. The normalized spacial score (nSPS) is 15.8. The molecule has 0 atom stereocenters. The average Bonchev–Trinajstić information content (AvgIpc) is 3.09. The summed E-state index contributed by atoms with van der Waals surface area (Å²) >= 11 is 0. The van der Waals surface area contributed by atoms with Gasteiger partial charge in [-0.1, -0.05) is 19.9 Å². The van der Waals surface area contributed by atoms with Crippen molar-refractivity contribution in [3.05, 3.63) is 53.1 Å². The van der Waals surface area contributed by atoms with Gasteiger partial charge in [-0.3, -0.25) is 14.5 Å². The molecule has 0 aliphatic carbocycles. The van der Waals surface area contributed by atoms with Gasteiger partial charge in [-0.2, -0.15) is 0 Å². The van der Waals surface area contributed by atoms with Crippen LogP contribution >= 0.6 is 0 Å². The van der Waals surface area contributed by atoms with E-state index in [9.17, 15) is 18.8 Å². The third kappa shape index (κ3) is 3.10. The summed E-state index contributed by atoms with van der Waals surface area (Å²) in [7, 11) is 0. The summed E-state index contributed by atoms with van der Waals surface area (Å²) in [6.45, 7) is 6.93. The van der Waals surface area contributed by atoms with Crippen LogP contribution in [-0.4, -0.2) is 39.3 Å². The average molecular weight is 385 g/mol. The molecule has 1 saturated heterocycles. The molecule has 3 amide bonds. The number of ketones is 1. The highest BCUT2D eigenvalue weighted by molar-refractivity contribution is 6.11. The van der Waals surface area contributed by atoms with E-state index < -0.39 is 11.6 Å². The lowest BCUT2D eigenvalue weighted by atomic mass is 9.93. The van der Waals surface area contributed by atoms with Crippen LogP contribution in [0.3, 0.4) is 0 Å². The number of hydrogen-bond acceptors (Lipinski definition) is 3. The molecule has 1 aromatic heterocycles. The van der Waals surface area contributed by atoms with Crippen LogP contribution in [0.4, 0.5) is 9.18 Å². The molecule has 1 fully saturated rings. The molecule has 2 aromatic rings. The van der Waals surface area contributed by atoms with E-state index in [0.29, 0.717) is 29.8 Å². The van der Waals surface area contributed by atoms with Gasteiger partial charge in [0.05, 0.1) is 6.54 Å². The first-order valence-corrected chi connectivity index (χ1v) is 9.36. The second-order valence-electron chi connectivity index (χ2n) is 7.13. The lowest BCUT2D eigenvalue weighted by Gasteiger charge is -2.22. The quantitative estimate of drug-likeness (QED) is 0.611. The molecule has 0 radical (unpaired) electrons. The fraction of sp³-hybridized carbons (Fsp3) is 0.381. The molecule has 0 spiro atoms. The molecule has 0 bridgehead atoms. The molecular weight excluding hydrogens is 361 g/mol. The number of halogens is 1. The smallest absolute Gasteiger partial charge is 0.323 e. The van der Waals surface area contributed by atoms with E-state index >= 15 is 0 Å². The Balaban J connectivity index is 1.89. The summed E-state index contributed by atoms with van der Waals surface area (Å²) in [6.07, 6.45) is 0.930. The summed E-state index contributed by atoms with van der Waals surface area (Å²) in [4.78, 5) is 38.9. The summed E-state index contributed by atoms with van der Waals surface area (Å²) in [5.74, 6) is -1.07. The van der Waals surface area contributed by atoms with E-state index in [-0.39, 0.29) is 24.1 Å². The minimum absolute atomic E-state index is 0.320. The number of rotatable bonds is 6. The van der Waals surface area contributed by atoms with Crippen LogP contribution in [-0.2, 0) is 4.79 Å². The monoisotopic (exact) mass is 385 g/mol. The van der Waals surface area contributed by atoms with Gasteiger partial charge in [-0.25, -0.2) is 9.18 Å². The first-order valence-electron chi connectivity index (χ1n) is 9.36. The Morgan fingerprint density at radius 2 is 1.82 bits per heavy atom. The van der Waals surface area contributed by atoms with E-state index in [0.717, 1.165) is 10.6 Å². The Hall–Kier alpha value is -2.96. The van der Waals surface area contributed by atoms with Crippen molar-refractivity contribution in [1.29, 1.82) is 0 Å². The van der Waals surface area contributed by atoms with Crippen LogP contribution in [0.25, 0.3) is 5.69 Å². The Bertz CT molecular complexity index is 960. The number of Topliss-reactive ketones (excluding diaryl/α,β-unsaturated/α-hetero) is 1. The Labute approximate surface area is 163 Å². The van der Waals surface area contributed by atoms with Crippen molar-refractivity contribution in [1.82, 2.24) is 14.8 Å². The van der Waals surface area contributed by atoms with Gasteiger partial charge in [-0.15, -0.1) is 0 Å². The largest absolute Gasteiger partial charge is 0.325 e. The molecule has 3 rings (SSSR count). The topological polar surface area (TPSA) is 71.4 Å². The summed E-state index contributed by atoms with van der Waals surface area (Å²) in [6, 6.07) is 7.27. The van der Waals surface area contributed by atoms with Crippen LogP contribution in [0, 0.1) is 19.7 Å². The molecule has 6 nitrogen and oxygen atoms in total. The fourth-order valence-corrected chi connectivity index (χ4v) is 3.84. The predicted octanol–water partition coefficient (Wildman–Crippen LogP) is 3.53. The van der Waals surface area contributed by atoms with Gasteiger partial charge in [-0.05, 0) is 51.0 Å². The number of imide groups is 1. The minimum atomic E-state index is -0.935. The zero-order valence-electron chi connectivity index (χ0n) is 16.5. The number of aryl methyl sites for hydroxylation is 1. The van der Waals surface area contributed by atoms with Gasteiger partial charge < -0.3 is 9.88 Å². The summed E-state index contributed by atoms with van der Waals surface area (Å²) in [5.41, 5.74) is 1.49. The lowest BCUT2D eigenvalue weighted by molar-refractivity contribution is -0.131. The number of hydrogen-bond donors (Lipinski definition) is 1. The highest BCUT2D eigenvalue weighted by atomic mass is 19.1. The van der Waals surface area contributed by atoms with E-state index in [1.165, 1.54) is 12.1 Å². The van der Waals surface area contributed by atoms with Crippen molar-refractivity contribution in [2.24, 2.45) is 0 Å². The number of nitrogens with one attached hydrogen (secondary N) is 1. The highest BCUT2D eigenvalue weighted by Crippen LogP contribution is 2.26. The van der Waals surface area contributed by atoms with Crippen molar-refractivity contribution >= 4 is 17.7 Å². The predicted molar refractivity (Wildman–Crippen MR) is 103 cm³/mol. The molecule has 28 heavy (non-hydrogen) atoms. The molecular formula is C21H24FN3O3. The second kappa shape index (κ2) is 7.22. The van der Waals surface area contributed by atoms with Crippen molar-refractivity contribution in [3.8, 4) is 5.69 Å². The van der Waals surface area contributed by atoms with Crippen LogP contribution in [0.15, 0.2) is 30.3 Å². The number of benzene rings is 1. The Morgan fingerprint density at radius 3 is 2.39 bits per heavy atom. The molecule has 0 unspecified atom stereocenters. The van der Waals surface area contributed by atoms with E-state index in [2.05, 4.69) is 5.32 Å². The fourth-order valence-electron chi connectivity index (χ4n) is 3.84. The molecule has 7 heteroatoms. The van der Waals surface area contributed by atoms with Crippen LogP contribution in [0.1, 0.15) is 48.4 Å². The maximum Gasteiger partial charge on any atom is 0.325 e. The highest BCUT2D eigenvalue weighted by Gasteiger charge is 2.49. The molecule has 1 N–H and O–H groups in total. The van der Waals surface area contributed by atoms with E-state index in [1.54, 1.807) is 29.7 Å². The van der Waals surface area contributed by atoms with Gasteiger partial charge in [0.1, 0.15) is 11.4 Å². The first kappa shape index (κ1) is 19.8. The number of carbonyl (C=O) groups excluding carboxylic acids is 3. The SMILES string of the molecule is CCC1(CC)NC(=O)N(CC(=O)c2cc(C)n(-c3cccc(F)c3)c2C)C1=O. The van der Waals surface area contributed by atoms with E-state index in [4.69, 9.17) is 0 Å². The standard InChI is InChI=1S/C21H24FN3O3/c1-5-21(6-2)19(27)24(20(28)23-21)12-18(26)17-10-13(3)25(14(17)4)16-9-7-8-15(22)11-16/h7-11H,5-6,12H2,1-4H3,(H,23,28). The molecule has 1 aliphatic rings. The lowest BCUT2D eigenvalue weighted by Crippen LogP contribution is -2.46. The van der Waals surface area contributed by atoms with Gasteiger partial charge in [0.15, 0.2) is 5.78 Å². The molecule has 0 saturated carbocycles. The molecule has 1 aliphatic heterocycles. The number of amides is 3. The van der Waals surface area contributed by atoms with Gasteiger partial charge in [0, 0.05) is 22.6 Å². The van der Waals surface area contributed by atoms with Gasteiger partial charge >= 0.3 is 6.03 Å². The summed E-state index contributed by atoms with van der Waals surface area (Å²) in [5, 5.41) is 2.73. The molecule has 148 valence electrons. The van der Waals surface area contributed by atoms with E-state index in [1.807, 2.05) is 20.8 Å². The third-order valence-electron chi connectivity index (χ3n) is 5.55. The van der Waals surface area contributed by atoms with Gasteiger partial charge in [0.2, 0.25) is 0 Å². The van der Waals surface area contributed by atoms with Crippen molar-refractivity contribution in [2.75, 3.05) is 6.54 Å². The maximum atomic E-state index is 13.6. The van der Waals surface area contributed by atoms with Crippen LogP contribution < -0.4 is 5.32 Å². The zero-order valence-corrected chi connectivity index (χ0v) is 16.5. The first-order chi connectivity index (χ1) is 13.2. The molecule has 2 heterocycles. The Kier molecular flexibility index (Phi) is 5.10. The van der Waals surface area contributed by atoms with Crippen molar-refractivity contribution < 1.29 is 18.8 Å². The zero-order chi connectivity index (χ0) is 20.6. The van der Waals surface area contributed by atoms with Crippen molar-refractivity contribution in [3.63, 3.8) is 0 Å². The second-order valence-corrected chi connectivity index (χ2v) is 7.13. The number of urea groups is 1. The van der Waals surface area contributed by atoms with Crippen molar-refractivity contribution in [2.45, 2.75) is 46.1 Å². The van der Waals surface area contributed by atoms with Crippen LogP contribution in [0.2, 0.25) is 0 Å². The minimum Gasteiger partial charge on any atom is -0.323 e. The third-order valence-corrected chi connectivity index (χ3v) is 5.55. The Morgan fingerprint density at radius 1 is 1.14 bits per heavy atom.